The Morgan fingerprint density at radius 1 is 0.904 bits per heavy atom. The highest BCUT2D eigenvalue weighted by molar-refractivity contribution is 5.95. The fourth-order valence-corrected chi connectivity index (χ4v) is 6.42. The van der Waals surface area contributed by atoms with Gasteiger partial charge < -0.3 is 31.4 Å². The SMILES string of the molecule is NCCCC[C@@H](C(=O)NCc1cccc2ccccc12)N1Cc2[nH]c3ccccc3c2C[C@@H](NC(=O)Cc2ccccc2)C1=O.O=C(O)C(F)(F)F. The van der Waals surface area contributed by atoms with Gasteiger partial charge in [-0.05, 0) is 59.3 Å². The number of amides is 3. The van der Waals surface area contributed by atoms with Gasteiger partial charge >= 0.3 is 12.1 Å². The summed E-state index contributed by atoms with van der Waals surface area (Å²) in [6.45, 7) is 1.08. The standard InChI is InChI=1S/C37H39N5O3.C2HF3O2/c38-20-9-8-19-34(36(44)39-23-27-15-10-14-26-13-4-5-16-28(26)27)42-24-33-30(29-17-6-7-18-31(29)40-33)22-32(37(42)45)41-35(43)21-25-11-2-1-3-12-25;3-2(4,5)1(6)7/h1-7,10-18,32,34,40H,8-9,19-24,38H2,(H,39,44)(H,41,43);(H,6,7)/t32-,34+;/m1./s1. The van der Waals surface area contributed by atoms with E-state index in [0.717, 1.165) is 50.5 Å². The summed E-state index contributed by atoms with van der Waals surface area (Å²) in [7, 11) is 0. The van der Waals surface area contributed by atoms with E-state index in [1.54, 1.807) is 4.90 Å². The summed E-state index contributed by atoms with van der Waals surface area (Å²) >= 11 is 0. The number of rotatable bonds is 11. The maximum atomic E-state index is 14.4. The first-order valence-electron chi connectivity index (χ1n) is 16.9. The van der Waals surface area contributed by atoms with E-state index in [1.165, 1.54) is 0 Å². The van der Waals surface area contributed by atoms with Crippen molar-refractivity contribution in [1.82, 2.24) is 20.5 Å². The van der Waals surface area contributed by atoms with Crippen molar-refractivity contribution in [1.29, 1.82) is 0 Å². The molecule has 4 aromatic carbocycles. The Kier molecular flexibility index (Phi) is 12.3. The molecule has 2 atom stereocenters. The molecule has 10 nitrogen and oxygen atoms in total. The molecule has 6 rings (SSSR count). The topological polar surface area (TPSA) is 158 Å². The van der Waals surface area contributed by atoms with Gasteiger partial charge in [-0.3, -0.25) is 14.4 Å². The van der Waals surface area contributed by atoms with Crippen molar-refractivity contribution in [3.63, 3.8) is 0 Å². The minimum Gasteiger partial charge on any atom is -0.475 e. The lowest BCUT2D eigenvalue weighted by Gasteiger charge is -2.32. The number of nitrogens with zero attached hydrogens (tertiary/aromatic N) is 1. The van der Waals surface area contributed by atoms with Gasteiger partial charge in [0.15, 0.2) is 0 Å². The molecule has 1 aromatic heterocycles. The first kappa shape index (κ1) is 37.6. The highest BCUT2D eigenvalue weighted by atomic mass is 19.4. The van der Waals surface area contributed by atoms with Gasteiger partial charge in [-0.25, -0.2) is 4.79 Å². The van der Waals surface area contributed by atoms with Gasteiger partial charge in [0, 0.05) is 29.6 Å². The molecular weight excluding hydrogens is 675 g/mol. The van der Waals surface area contributed by atoms with Crippen molar-refractivity contribution in [2.75, 3.05) is 6.54 Å². The maximum absolute atomic E-state index is 14.4. The summed E-state index contributed by atoms with van der Waals surface area (Å²) < 4.78 is 31.7. The molecule has 0 radical (unpaired) electrons. The third-order valence-corrected chi connectivity index (χ3v) is 8.95. The number of H-pyrrole nitrogens is 1. The van der Waals surface area contributed by atoms with Crippen LogP contribution in [0.3, 0.4) is 0 Å². The Hall–Kier alpha value is -5.69. The van der Waals surface area contributed by atoms with Crippen LogP contribution in [-0.2, 0) is 45.1 Å². The van der Waals surface area contributed by atoms with E-state index >= 15 is 0 Å². The number of fused-ring (bicyclic) bond motifs is 4. The quantitative estimate of drug-likeness (QED) is 0.116. The Labute approximate surface area is 298 Å². The summed E-state index contributed by atoms with van der Waals surface area (Å²) in [4.78, 5) is 55.7. The molecule has 1 aliphatic rings. The fraction of sp³-hybridized carbons (Fsp3) is 0.282. The molecule has 0 aliphatic carbocycles. The molecular formula is C39H40F3N5O5. The average molecular weight is 716 g/mol. The third-order valence-electron chi connectivity index (χ3n) is 8.95. The van der Waals surface area contributed by atoms with Gasteiger partial charge in [-0.1, -0.05) is 91.0 Å². The first-order valence-corrected chi connectivity index (χ1v) is 16.9. The number of aliphatic carboxylic acids is 1. The second kappa shape index (κ2) is 17.0. The number of hydrogen-bond acceptors (Lipinski definition) is 5. The van der Waals surface area contributed by atoms with E-state index in [4.69, 9.17) is 15.6 Å². The highest BCUT2D eigenvalue weighted by Gasteiger charge is 2.39. The number of alkyl halides is 3. The molecule has 272 valence electrons. The smallest absolute Gasteiger partial charge is 0.475 e. The zero-order valence-corrected chi connectivity index (χ0v) is 28.3. The summed E-state index contributed by atoms with van der Waals surface area (Å²) in [5, 5.41) is 16.5. The lowest BCUT2D eigenvalue weighted by atomic mass is 10.0. The zero-order valence-electron chi connectivity index (χ0n) is 28.3. The van der Waals surface area contributed by atoms with Crippen LogP contribution in [0, 0.1) is 0 Å². The largest absolute Gasteiger partial charge is 0.490 e. The number of carbonyl (C=O) groups is 4. The summed E-state index contributed by atoms with van der Waals surface area (Å²) in [6.07, 6.45) is -2.69. The van der Waals surface area contributed by atoms with Crippen LogP contribution in [0.1, 0.15) is 41.6 Å². The molecule has 0 saturated heterocycles. The number of aromatic nitrogens is 1. The van der Waals surface area contributed by atoms with Crippen LogP contribution in [0.15, 0.2) is 97.1 Å². The number of carboxylic acid groups (broad SMARTS) is 1. The highest BCUT2D eigenvalue weighted by Crippen LogP contribution is 2.30. The van der Waals surface area contributed by atoms with E-state index in [-0.39, 0.29) is 30.7 Å². The molecule has 0 fully saturated rings. The number of unbranched alkanes of at least 4 members (excludes halogenated alkanes) is 1. The number of aromatic amines is 1. The van der Waals surface area contributed by atoms with Crippen molar-refractivity contribution in [2.24, 2.45) is 5.73 Å². The van der Waals surface area contributed by atoms with E-state index < -0.39 is 24.2 Å². The molecule has 6 N–H and O–H groups in total. The van der Waals surface area contributed by atoms with Crippen molar-refractivity contribution in [3.8, 4) is 0 Å². The minimum atomic E-state index is -5.08. The van der Waals surface area contributed by atoms with Crippen LogP contribution >= 0.6 is 0 Å². The number of halogens is 3. The number of para-hydroxylation sites is 1. The van der Waals surface area contributed by atoms with Crippen molar-refractivity contribution in [3.05, 3.63) is 119 Å². The van der Waals surface area contributed by atoms with Crippen LogP contribution in [0.5, 0.6) is 0 Å². The molecule has 13 heteroatoms. The zero-order chi connectivity index (χ0) is 37.3. The molecule has 0 saturated carbocycles. The van der Waals surface area contributed by atoms with E-state index in [1.807, 2.05) is 84.9 Å². The van der Waals surface area contributed by atoms with Gasteiger partial charge in [-0.2, -0.15) is 13.2 Å². The van der Waals surface area contributed by atoms with Crippen LogP contribution in [-0.4, -0.2) is 63.5 Å². The van der Waals surface area contributed by atoms with Gasteiger partial charge in [0.05, 0.1) is 13.0 Å². The number of hydrogen-bond donors (Lipinski definition) is 5. The van der Waals surface area contributed by atoms with Crippen LogP contribution < -0.4 is 16.4 Å². The fourth-order valence-electron chi connectivity index (χ4n) is 6.42. The number of benzene rings is 4. The molecule has 0 bridgehead atoms. The molecule has 52 heavy (non-hydrogen) atoms. The van der Waals surface area contributed by atoms with Crippen molar-refractivity contribution in [2.45, 2.75) is 63.5 Å². The normalized spacial score (nSPS) is 14.9. The summed E-state index contributed by atoms with van der Waals surface area (Å²) in [6, 6.07) is 30.1. The van der Waals surface area contributed by atoms with E-state index in [2.05, 4.69) is 27.8 Å². The number of nitrogens with one attached hydrogen (secondary N) is 3. The Balaban J connectivity index is 0.000000679. The first-order chi connectivity index (χ1) is 25.0. The molecule has 3 amide bonds. The molecule has 2 heterocycles. The molecule has 0 spiro atoms. The number of carbonyl (C=O) groups excluding carboxylic acids is 3. The van der Waals surface area contributed by atoms with Crippen LogP contribution in [0.25, 0.3) is 21.7 Å². The lowest BCUT2D eigenvalue weighted by molar-refractivity contribution is -0.192. The second-order valence-corrected chi connectivity index (χ2v) is 12.5. The summed E-state index contributed by atoms with van der Waals surface area (Å²) in [5.74, 6) is -3.47. The van der Waals surface area contributed by atoms with E-state index in [9.17, 15) is 27.6 Å². The van der Waals surface area contributed by atoms with Crippen molar-refractivity contribution < 1.29 is 37.5 Å². The molecule has 5 aromatic rings. The summed E-state index contributed by atoms with van der Waals surface area (Å²) in [5.41, 5.74) is 10.5. The lowest BCUT2D eigenvalue weighted by Crippen LogP contribution is -2.55. The second-order valence-electron chi connectivity index (χ2n) is 12.5. The van der Waals surface area contributed by atoms with E-state index in [0.29, 0.717) is 32.4 Å². The van der Waals surface area contributed by atoms with Crippen molar-refractivity contribution >= 4 is 45.4 Å². The number of nitrogens with two attached hydrogens (primary N) is 1. The monoisotopic (exact) mass is 715 g/mol. The Bertz CT molecular complexity index is 2030. The number of carboxylic acids is 1. The van der Waals surface area contributed by atoms with Gasteiger partial charge in [0.25, 0.3) is 0 Å². The average Bonchev–Trinajstić information content (AvgIpc) is 3.41. The Morgan fingerprint density at radius 2 is 1.56 bits per heavy atom. The Morgan fingerprint density at radius 3 is 2.27 bits per heavy atom. The van der Waals surface area contributed by atoms with Crippen LogP contribution in [0.4, 0.5) is 13.2 Å². The van der Waals surface area contributed by atoms with Crippen LogP contribution in [0.2, 0.25) is 0 Å². The van der Waals surface area contributed by atoms with Gasteiger partial charge in [0.2, 0.25) is 17.7 Å². The third kappa shape index (κ3) is 9.34. The predicted molar refractivity (Wildman–Crippen MR) is 191 cm³/mol. The maximum Gasteiger partial charge on any atom is 0.490 e. The van der Waals surface area contributed by atoms with Gasteiger partial charge in [-0.15, -0.1) is 0 Å². The van der Waals surface area contributed by atoms with Gasteiger partial charge in [0.1, 0.15) is 12.1 Å². The molecule has 1 aliphatic heterocycles. The minimum absolute atomic E-state index is 0.164. The predicted octanol–water partition coefficient (Wildman–Crippen LogP) is 5.38. The molecule has 0 unspecified atom stereocenters.